The number of imidazole rings is 1. The summed E-state index contributed by atoms with van der Waals surface area (Å²) in [5.74, 6) is -0.0152. The standard InChI is InChI=1S/C9H8IN3O3/c10-6-3-8-11-7(1-2-14)5-12(8)9(4-6)13(15)16/h3-5,14H,1-2H2. The van der Waals surface area contributed by atoms with Crippen molar-refractivity contribution in [2.75, 3.05) is 6.61 Å². The van der Waals surface area contributed by atoms with Crippen molar-refractivity contribution in [1.82, 2.24) is 9.38 Å². The average molecular weight is 333 g/mol. The van der Waals surface area contributed by atoms with Gasteiger partial charge in [0.25, 0.3) is 0 Å². The molecule has 0 spiro atoms. The molecule has 2 heterocycles. The van der Waals surface area contributed by atoms with Gasteiger partial charge in [-0.3, -0.25) is 0 Å². The lowest BCUT2D eigenvalue weighted by Gasteiger charge is -1.97. The number of aliphatic hydroxyl groups is 1. The molecule has 0 saturated heterocycles. The highest BCUT2D eigenvalue weighted by molar-refractivity contribution is 14.1. The molecule has 0 amide bonds. The highest BCUT2D eigenvalue weighted by Gasteiger charge is 2.15. The number of pyridine rings is 1. The molecule has 84 valence electrons. The molecule has 1 N–H and O–H groups in total. The van der Waals surface area contributed by atoms with Gasteiger partial charge in [0.05, 0.1) is 5.69 Å². The van der Waals surface area contributed by atoms with Gasteiger partial charge in [0.1, 0.15) is 6.20 Å². The summed E-state index contributed by atoms with van der Waals surface area (Å²) < 4.78 is 2.19. The van der Waals surface area contributed by atoms with Gasteiger partial charge in [0.2, 0.25) is 5.65 Å². The first-order chi connectivity index (χ1) is 7.61. The molecule has 2 rings (SSSR count). The van der Waals surface area contributed by atoms with Gasteiger partial charge < -0.3 is 15.2 Å². The second-order valence-corrected chi connectivity index (χ2v) is 4.47. The molecule has 0 aliphatic rings. The number of aromatic nitrogens is 2. The quantitative estimate of drug-likeness (QED) is 0.523. The molecule has 6 nitrogen and oxygen atoms in total. The van der Waals surface area contributed by atoms with E-state index in [2.05, 4.69) is 4.98 Å². The van der Waals surface area contributed by atoms with Gasteiger partial charge in [-0.2, -0.15) is 4.40 Å². The van der Waals surface area contributed by atoms with Crippen LogP contribution in [0.1, 0.15) is 5.69 Å². The maximum absolute atomic E-state index is 10.8. The maximum Gasteiger partial charge on any atom is 0.330 e. The van der Waals surface area contributed by atoms with E-state index in [4.69, 9.17) is 5.11 Å². The first-order valence-corrected chi connectivity index (χ1v) is 5.62. The fourth-order valence-electron chi connectivity index (χ4n) is 1.46. The topological polar surface area (TPSA) is 80.7 Å². The van der Waals surface area contributed by atoms with E-state index in [9.17, 15) is 10.1 Å². The van der Waals surface area contributed by atoms with E-state index in [1.165, 1.54) is 10.5 Å². The van der Waals surface area contributed by atoms with Crippen LogP contribution >= 0.6 is 22.6 Å². The second kappa shape index (κ2) is 4.34. The molecule has 2 aromatic rings. The largest absolute Gasteiger partial charge is 0.396 e. The van der Waals surface area contributed by atoms with Crippen molar-refractivity contribution < 1.29 is 10.0 Å². The number of aliphatic hydroxyl groups excluding tert-OH is 1. The third-order valence-electron chi connectivity index (χ3n) is 2.12. The molecule has 0 aliphatic heterocycles. The summed E-state index contributed by atoms with van der Waals surface area (Å²) in [6, 6.07) is 3.24. The summed E-state index contributed by atoms with van der Waals surface area (Å²) in [6.45, 7) is -0.0191. The fraction of sp³-hybridized carbons (Fsp3) is 0.222. The summed E-state index contributed by atoms with van der Waals surface area (Å²) in [7, 11) is 0. The van der Waals surface area contributed by atoms with Gasteiger partial charge >= 0.3 is 5.82 Å². The monoisotopic (exact) mass is 333 g/mol. The van der Waals surface area contributed by atoms with E-state index < -0.39 is 4.92 Å². The van der Waals surface area contributed by atoms with Crippen molar-refractivity contribution in [3.63, 3.8) is 0 Å². The lowest BCUT2D eigenvalue weighted by Crippen LogP contribution is -1.97. The lowest BCUT2D eigenvalue weighted by atomic mass is 10.3. The van der Waals surface area contributed by atoms with Crippen LogP contribution in [0.3, 0.4) is 0 Å². The number of hydrogen-bond acceptors (Lipinski definition) is 4. The highest BCUT2D eigenvalue weighted by Crippen LogP contribution is 2.20. The van der Waals surface area contributed by atoms with Gasteiger partial charge in [-0.05, 0) is 27.5 Å². The minimum absolute atomic E-state index is 0.0152. The molecule has 0 unspecified atom stereocenters. The minimum Gasteiger partial charge on any atom is -0.396 e. The van der Waals surface area contributed by atoms with Crippen molar-refractivity contribution >= 4 is 34.1 Å². The third kappa shape index (κ3) is 2.00. The molecule has 0 aliphatic carbocycles. The lowest BCUT2D eigenvalue weighted by molar-refractivity contribution is -0.390. The summed E-state index contributed by atoms with van der Waals surface area (Å²) in [4.78, 5) is 14.6. The highest BCUT2D eigenvalue weighted by atomic mass is 127. The van der Waals surface area contributed by atoms with Crippen LogP contribution in [0, 0.1) is 13.7 Å². The smallest absolute Gasteiger partial charge is 0.330 e. The van der Waals surface area contributed by atoms with Crippen LogP contribution in [0.2, 0.25) is 0 Å². The predicted molar refractivity (Wildman–Crippen MR) is 65.4 cm³/mol. The van der Waals surface area contributed by atoms with E-state index in [1.54, 1.807) is 12.3 Å². The van der Waals surface area contributed by atoms with Crippen molar-refractivity contribution in [2.24, 2.45) is 0 Å². The molecule has 2 aromatic heterocycles. The Morgan fingerprint density at radius 2 is 2.31 bits per heavy atom. The zero-order valence-electron chi connectivity index (χ0n) is 8.13. The number of hydrogen-bond donors (Lipinski definition) is 1. The molecular weight excluding hydrogens is 325 g/mol. The van der Waals surface area contributed by atoms with Crippen LogP contribution < -0.4 is 0 Å². The zero-order valence-corrected chi connectivity index (χ0v) is 10.3. The Bertz CT molecular complexity index is 552. The van der Waals surface area contributed by atoms with Crippen LogP contribution in [-0.4, -0.2) is 26.0 Å². The van der Waals surface area contributed by atoms with Crippen LogP contribution in [0.15, 0.2) is 18.3 Å². The van der Waals surface area contributed by atoms with E-state index in [1.807, 2.05) is 22.6 Å². The molecule has 0 atom stereocenters. The SMILES string of the molecule is O=[N+]([O-])c1cc(I)cc2nc(CCO)cn12. The summed E-state index contributed by atoms with van der Waals surface area (Å²) in [5.41, 5.74) is 1.18. The van der Waals surface area contributed by atoms with E-state index in [0.29, 0.717) is 17.8 Å². The van der Waals surface area contributed by atoms with Gasteiger partial charge in [-0.15, -0.1) is 0 Å². The van der Waals surface area contributed by atoms with Crippen LogP contribution in [0.25, 0.3) is 5.65 Å². The maximum atomic E-state index is 10.8. The van der Waals surface area contributed by atoms with E-state index >= 15 is 0 Å². The molecule has 0 aromatic carbocycles. The Morgan fingerprint density at radius 1 is 1.56 bits per heavy atom. The van der Waals surface area contributed by atoms with Gasteiger partial charge in [-0.25, -0.2) is 4.98 Å². The van der Waals surface area contributed by atoms with Gasteiger partial charge in [0, 0.05) is 28.7 Å². The first-order valence-electron chi connectivity index (χ1n) is 4.54. The zero-order chi connectivity index (χ0) is 11.7. The summed E-state index contributed by atoms with van der Waals surface area (Å²) >= 11 is 2.01. The Kier molecular flexibility index (Phi) is 3.06. The number of nitrogens with zero attached hydrogens (tertiary/aromatic N) is 3. The van der Waals surface area contributed by atoms with E-state index in [0.717, 1.165) is 3.57 Å². The normalized spacial score (nSPS) is 10.9. The molecule has 0 saturated carbocycles. The Morgan fingerprint density at radius 3 is 2.94 bits per heavy atom. The molecular formula is C9H8IN3O3. The number of halogens is 1. The van der Waals surface area contributed by atoms with Crippen LogP contribution in [0.5, 0.6) is 0 Å². The summed E-state index contributed by atoms with van der Waals surface area (Å²) in [5, 5.41) is 19.6. The first kappa shape index (κ1) is 11.3. The number of rotatable bonds is 3. The Hall–Kier alpha value is -1.22. The van der Waals surface area contributed by atoms with Crippen molar-refractivity contribution in [2.45, 2.75) is 6.42 Å². The molecule has 7 heteroatoms. The Balaban J connectivity index is 2.65. The predicted octanol–water partition coefficient (Wildman–Crippen LogP) is 1.38. The number of nitro groups is 1. The molecule has 0 bridgehead atoms. The van der Waals surface area contributed by atoms with Crippen molar-refractivity contribution in [1.29, 1.82) is 0 Å². The average Bonchev–Trinajstić information content (AvgIpc) is 2.59. The number of fused-ring (bicyclic) bond motifs is 1. The molecule has 0 radical (unpaired) electrons. The Labute approximate surface area is 104 Å². The van der Waals surface area contributed by atoms with Gasteiger partial charge in [0.15, 0.2) is 0 Å². The van der Waals surface area contributed by atoms with E-state index in [-0.39, 0.29) is 12.4 Å². The van der Waals surface area contributed by atoms with Crippen molar-refractivity contribution in [3.8, 4) is 0 Å². The third-order valence-corrected chi connectivity index (χ3v) is 2.74. The molecule has 16 heavy (non-hydrogen) atoms. The van der Waals surface area contributed by atoms with Crippen LogP contribution in [0.4, 0.5) is 5.82 Å². The summed E-state index contributed by atoms with van der Waals surface area (Å²) in [6.07, 6.45) is 1.98. The van der Waals surface area contributed by atoms with Crippen LogP contribution in [-0.2, 0) is 6.42 Å². The second-order valence-electron chi connectivity index (χ2n) is 3.22. The fourth-order valence-corrected chi connectivity index (χ4v) is 2.02. The van der Waals surface area contributed by atoms with Crippen molar-refractivity contribution in [3.05, 3.63) is 37.7 Å². The minimum atomic E-state index is -0.445. The molecule has 0 fully saturated rings. The van der Waals surface area contributed by atoms with Gasteiger partial charge in [-0.1, -0.05) is 0 Å².